The van der Waals surface area contributed by atoms with Crippen LogP contribution in [0, 0.1) is 0 Å². The lowest BCUT2D eigenvalue weighted by Gasteiger charge is -2.18. The van der Waals surface area contributed by atoms with Crippen LogP contribution in [-0.2, 0) is 0 Å². The van der Waals surface area contributed by atoms with Gasteiger partial charge in [-0.25, -0.2) is 0 Å². The third-order valence-electron chi connectivity index (χ3n) is 2.68. The second-order valence-corrected chi connectivity index (χ2v) is 4.21. The minimum absolute atomic E-state index is 0. The molecule has 5 nitrogen and oxygen atoms in total. The van der Waals surface area contributed by atoms with Crippen LogP contribution in [0.3, 0.4) is 0 Å². The minimum Gasteiger partial charge on any atom is -0.493 e. The Morgan fingerprint density at radius 1 is 1.15 bits per heavy atom. The van der Waals surface area contributed by atoms with E-state index >= 15 is 0 Å². The van der Waals surface area contributed by atoms with Crippen molar-refractivity contribution in [1.82, 2.24) is 4.90 Å². The Balaban J connectivity index is 0.00000361. The number of amides is 1. The molecular formula is C13H19Cl2NO4. The van der Waals surface area contributed by atoms with Crippen LogP contribution in [0.15, 0.2) is 12.1 Å². The Labute approximate surface area is 130 Å². The number of ether oxygens (including phenoxy) is 3. The molecule has 1 aromatic rings. The molecule has 114 valence electrons. The smallest absolute Gasteiger partial charge is 0.253 e. The second kappa shape index (κ2) is 8.76. The lowest BCUT2D eigenvalue weighted by atomic mass is 10.1. The molecule has 0 aromatic heterocycles. The molecule has 0 aliphatic heterocycles. The van der Waals surface area contributed by atoms with Crippen LogP contribution >= 0.6 is 24.0 Å². The number of hydrogen-bond donors (Lipinski definition) is 0. The lowest BCUT2D eigenvalue weighted by molar-refractivity contribution is 0.0802. The maximum absolute atomic E-state index is 12.2. The summed E-state index contributed by atoms with van der Waals surface area (Å²) in [7, 11) is 6.22. The Kier molecular flexibility index (Phi) is 8.18. The molecule has 0 saturated heterocycles. The second-order valence-electron chi connectivity index (χ2n) is 3.83. The average Bonchev–Trinajstić information content (AvgIpc) is 2.44. The summed E-state index contributed by atoms with van der Waals surface area (Å²) < 4.78 is 15.6. The van der Waals surface area contributed by atoms with E-state index in [4.69, 9.17) is 25.8 Å². The van der Waals surface area contributed by atoms with Gasteiger partial charge in [-0.1, -0.05) is 0 Å². The number of alkyl halides is 1. The predicted octanol–water partition coefficient (Wildman–Crippen LogP) is 2.45. The largest absolute Gasteiger partial charge is 0.493 e. The van der Waals surface area contributed by atoms with Gasteiger partial charge in [0.15, 0.2) is 11.5 Å². The van der Waals surface area contributed by atoms with E-state index in [0.717, 1.165) is 0 Å². The summed E-state index contributed by atoms with van der Waals surface area (Å²) in [4.78, 5) is 13.7. The number of halogens is 2. The Morgan fingerprint density at radius 3 is 2.00 bits per heavy atom. The zero-order valence-corrected chi connectivity index (χ0v) is 13.5. The molecule has 7 heteroatoms. The highest BCUT2D eigenvalue weighted by Crippen LogP contribution is 2.38. The summed E-state index contributed by atoms with van der Waals surface area (Å²) in [5.41, 5.74) is 0.460. The maximum Gasteiger partial charge on any atom is 0.253 e. The molecule has 0 bridgehead atoms. The number of nitrogens with zero attached hydrogens (tertiary/aromatic N) is 1. The van der Waals surface area contributed by atoms with E-state index in [1.165, 1.54) is 26.2 Å². The summed E-state index contributed by atoms with van der Waals surface area (Å²) in [6, 6.07) is 3.24. The molecule has 1 aromatic carbocycles. The fraction of sp³-hybridized carbons (Fsp3) is 0.462. The highest BCUT2D eigenvalue weighted by molar-refractivity contribution is 6.18. The predicted molar refractivity (Wildman–Crippen MR) is 81.0 cm³/mol. The first-order valence-electron chi connectivity index (χ1n) is 5.70. The van der Waals surface area contributed by atoms with E-state index in [9.17, 15) is 4.79 Å². The summed E-state index contributed by atoms with van der Waals surface area (Å²) >= 11 is 5.63. The normalized spacial score (nSPS) is 9.45. The van der Waals surface area contributed by atoms with Gasteiger partial charge in [0.05, 0.1) is 21.3 Å². The monoisotopic (exact) mass is 323 g/mol. The number of methoxy groups -OCH3 is 3. The highest BCUT2D eigenvalue weighted by atomic mass is 35.5. The Bertz CT molecular complexity index is 429. The summed E-state index contributed by atoms with van der Waals surface area (Å²) in [5.74, 6) is 1.59. The average molecular weight is 324 g/mol. The van der Waals surface area contributed by atoms with Crippen molar-refractivity contribution in [3.8, 4) is 17.2 Å². The van der Waals surface area contributed by atoms with E-state index in [-0.39, 0.29) is 18.3 Å². The number of rotatable bonds is 6. The van der Waals surface area contributed by atoms with Crippen LogP contribution in [-0.4, -0.2) is 51.6 Å². The van der Waals surface area contributed by atoms with Crippen LogP contribution in [0.5, 0.6) is 17.2 Å². The standard InChI is InChI=1S/C13H18ClNO4.ClH/c1-15(6-5-14)13(16)9-7-10(17-2)12(19-4)11(8-9)18-3;/h7-8H,5-6H2,1-4H3;1H. The molecule has 0 atom stereocenters. The van der Waals surface area contributed by atoms with E-state index in [0.29, 0.717) is 35.2 Å². The quantitative estimate of drug-likeness (QED) is 0.754. The Morgan fingerprint density at radius 2 is 1.65 bits per heavy atom. The number of benzene rings is 1. The van der Waals surface area contributed by atoms with E-state index < -0.39 is 0 Å². The summed E-state index contributed by atoms with van der Waals surface area (Å²) in [6.07, 6.45) is 0. The van der Waals surface area contributed by atoms with E-state index in [2.05, 4.69) is 0 Å². The molecule has 0 spiro atoms. The van der Waals surface area contributed by atoms with Crippen LogP contribution < -0.4 is 14.2 Å². The van der Waals surface area contributed by atoms with E-state index in [1.807, 2.05) is 0 Å². The van der Waals surface area contributed by atoms with Gasteiger partial charge in [0.1, 0.15) is 0 Å². The molecule has 1 rings (SSSR count). The maximum atomic E-state index is 12.2. The highest BCUT2D eigenvalue weighted by Gasteiger charge is 2.18. The Hall–Kier alpha value is -1.33. The zero-order chi connectivity index (χ0) is 14.4. The molecule has 0 radical (unpaired) electrons. The van der Waals surface area contributed by atoms with E-state index in [1.54, 1.807) is 19.2 Å². The lowest BCUT2D eigenvalue weighted by Crippen LogP contribution is -2.28. The van der Waals surface area contributed by atoms with Crippen molar-refractivity contribution in [2.45, 2.75) is 0 Å². The molecule has 0 saturated carbocycles. The molecule has 20 heavy (non-hydrogen) atoms. The van der Waals surface area contributed by atoms with Gasteiger partial charge in [0.2, 0.25) is 5.75 Å². The molecule has 1 amide bonds. The van der Waals surface area contributed by atoms with Gasteiger partial charge in [0.25, 0.3) is 5.91 Å². The molecule has 0 unspecified atom stereocenters. The molecule has 0 aliphatic carbocycles. The minimum atomic E-state index is -0.153. The fourth-order valence-corrected chi connectivity index (χ4v) is 1.91. The van der Waals surface area contributed by atoms with Gasteiger partial charge in [-0.3, -0.25) is 4.79 Å². The van der Waals surface area contributed by atoms with Gasteiger partial charge in [-0.2, -0.15) is 0 Å². The molecule has 0 heterocycles. The van der Waals surface area contributed by atoms with Gasteiger partial charge in [-0.05, 0) is 12.1 Å². The fourth-order valence-electron chi connectivity index (χ4n) is 1.65. The van der Waals surface area contributed by atoms with Gasteiger partial charge in [0, 0.05) is 25.0 Å². The van der Waals surface area contributed by atoms with Gasteiger partial charge in [-0.15, -0.1) is 24.0 Å². The van der Waals surface area contributed by atoms with Crippen molar-refractivity contribution in [3.63, 3.8) is 0 Å². The molecular weight excluding hydrogens is 305 g/mol. The summed E-state index contributed by atoms with van der Waals surface area (Å²) in [5, 5.41) is 0. The van der Waals surface area contributed by atoms with Crippen molar-refractivity contribution in [2.24, 2.45) is 0 Å². The van der Waals surface area contributed by atoms with Crippen molar-refractivity contribution in [3.05, 3.63) is 17.7 Å². The SMILES string of the molecule is COc1cc(C(=O)N(C)CCCl)cc(OC)c1OC.Cl. The third-order valence-corrected chi connectivity index (χ3v) is 2.85. The molecule has 0 N–H and O–H groups in total. The van der Waals surface area contributed by atoms with Crippen LogP contribution in [0.2, 0.25) is 0 Å². The van der Waals surface area contributed by atoms with Crippen LogP contribution in [0.1, 0.15) is 10.4 Å². The first kappa shape index (κ1) is 18.7. The number of carbonyl (C=O) groups excluding carboxylic acids is 1. The van der Waals surface area contributed by atoms with Gasteiger partial charge >= 0.3 is 0 Å². The first-order valence-corrected chi connectivity index (χ1v) is 6.23. The van der Waals surface area contributed by atoms with Crippen molar-refractivity contribution >= 4 is 29.9 Å². The van der Waals surface area contributed by atoms with Crippen molar-refractivity contribution < 1.29 is 19.0 Å². The number of carbonyl (C=O) groups is 1. The third kappa shape index (κ3) is 4.08. The summed E-state index contributed by atoms with van der Waals surface area (Å²) in [6.45, 7) is 0.469. The van der Waals surface area contributed by atoms with Crippen molar-refractivity contribution in [2.75, 3.05) is 40.8 Å². The van der Waals surface area contributed by atoms with Crippen LogP contribution in [0.25, 0.3) is 0 Å². The molecule has 0 aliphatic rings. The van der Waals surface area contributed by atoms with Gasteiger partial charge < -0.3 is 19.1 Å². The van der Waals surface area contributed by atoms with Crippen molar-refractivity contribution in [1.29, 1.82) is 0 Å². The van der Waals surface area contributed by atoms with Crippen LogP contribution in [0.4, 0.5) is 0 Å². The topological polar surface area (TPSA) is 48.0 Å². The zero-order valence-electron chi connectivity index (χ0n) is 11.9. The first-order chi connectivity index (χ1) is 9.08. The number of hydrogen-bond acceptors (Lipinski definition) is 4. The molecule has 0 fully saturated rings.